The zero-order chi connectivity index (χ0) is 14.1. The molecule has 0 aromatic heterocycles. The SMILES string of the molecule is O=C1c2ccccc2N(C(=O)c2ccccc2)CC1Br. The van der Waals surface area contributed by atoms with Crippen LogP contribution in [0.5, 0.6) is 0 Å². The van der Waals surface area contributed by atoms with Gasteiger partial charge in [-0.15, -0.1) is 0 Å². The minimum Gasteiger partial charge on any atom is -0.306 e. The molecule has 3 nitrogen and oxygen atoms in total. The second-order valence-electron chi connectivity index (χ2n) is 4.63. The highest BCUT2D eigenvalue weighted by atomic mass is 79.9. The van der Waals surface area contributed by atoms with Crippen LogP contribution >= 0.6 is 15.9 Å². The normalized spacial score (nSPS) is 17.8. The summed E-state index contributed by atoms with van der Waals surface area (Å²) in [4.78, 5) is 26.0. The maximum atomic E-state index is 12.6. The Kier molecular flexibility index (Phi) is 3.40. The summed E-state index contributed by atoms with van der Waals surface area (Å²) in [5, 5.41) is 0. The fourth-order valence-electron chi connectivity index (χ4n) is 2.36. The van der Waals surface area contributed by atoms with Crippen LogP contribution in [0.2, 0.25) is 0 Å². The van der Waals surface area contributed by atoms with Crippen LogP contribution in [0.1, 0.15) is 20.7 Å². The van der Waals surface area contributed by atoms with Crippen LogP contribution in [-0.2, 0) is 0 Å². The molecule has 1 atom stereocenters. The largest absolute Gasteiger partial charge is 0.306 e. The lowest BCUT2D eigenvalue weighted by molar-refractivity contribution is 0.0961. The quantitative estimate of drug-likeness (QED) is 0.753. The third-order valence-electron chi connectivity index (χ3n) is 3.35. The van der Waals surface area contributed by atoms with E-state index in [0.29, 0.717) is 23.4 Å². The van der Waals surface area contributed by atoms with Crippen molar-refractivity contribution in [2.24, 2.45) is 0 Å². The van der Waals surface area contributed by atoms with Gasteiger partial charge in [0.25, 0.3) is 5.91 Å². The van der Waals surface area contributed by atoms with Crippen molar-refractivity contribution < 1.29 is 9.59 Å². The van der Waals surface area contributed by atoms with Crippen molar-refractivity contribution in [3.63, 3.8) is 0 Å². The first-order valence-electron chi connectivity index (χ1n) is 6.32. The average Bonchev–Trinajstić information content (AvgIpc) is 2.51. The van der Waals surface area contributed by atoms with Gasteiger partial charge in [0.15, 0.2) is 5.78 Å². The Morgan fingerprint density at radius 2 is 1.70 bits per heavy atom. The van der Waals surface area contributed by atoms with E-state index in [2.05, 4.69) is 15.9 Å². The third kappa shape index (κ3) is 2.16. The minimum absolute atomic E-state index is 0.0257. The molecule has 1 aliphatic rings. The fraction of sp³-hybridized carbons (Fsp3) is 0.125. The molecule has 0 fully saturated rings. The van der Waals surface area contributed by atoms with Crippen molar-refractivity contribution in [1.82, 2.24) is 0 Å². The average molecular weight is 330 g/mol. The number of Topliss-reactive ketones (excluding diaryl/α,β-unsaturated/α-hetero) is 1. The van der Waals surface area contributed by atoms with Crippen molar-refractivity contribution in [2.45, 2.75) is 4.83 Å². The van der Waals surface area contributed by atoms with Crippen LogP contribution in [0.4, 0.5) is 5.69 Å². The van der Waals surface area contributed by atoms with E-state index < -0.39 is 0 Å². The Bertz CT molecular complexity index is 669. The number of carbonyl (C=O) groups is 2. The number of benzene rings is 2. The molecule has 3 rings (SSSR count). The number of rotatable bonds is 1. The lowest BCUT2D eigenvalue weighted by atomic mass is 9.99. The molecule has 100 valence electrons. The lowest BCUT2D eigenvalue weighted by Crippen LogP contribution is -2.43. The number of para-hydroxylation sites is 1. The highest BCUT2D eigenvalue weighted by molar-refractivity contribution is 9.10. The molecule has 20 heavy (non-hydrogen) atoms. The number of amides is 1. The summed E-state index contributed by atoms with van der Waals surface area (Å²) in [7, 11) is 0. The second-order valence-corrected chi connectivity index (χ2v) is 5.74. The van der Waals surface area contributed by atoms with Crippen LogP contribution in [0.15, 0.2) is 54.6 Å². The summed E-state index contributed by atoms with van der Waals surface area (Å²) in [6.07, 6.45) is 0. The maximum absolute atomic E-state index is 12.6. The molecule has 1 unspecified atom stereocenters. The third-order valence-corrected chi connectivity index (χ3v) is 4.06. The predicted octanol–water partition coefficient (Wildman–Crippen LogP) is 3.29. The van der Waals surface area contributed by atoms with Gasteiger partial charge in [-0.25, -0.2) is 0 Å². The van der Waals surface area contributed by atoms with E-state index in [-0.39, 0.29) is 16.5 Å². The molecule has 4 heteroatoms. The van der Waals surface area contributed by atoms with Gasteiger partial charge < -0.3 is 4.90 Å². The predicted molar refractivity (Wildman–Crippen MR) is 81.6 cm³/mol. The van der Waals surface area contributed by atoms with Gasteiger partial charge in [0, 0.05) is 17.7 Å². The molecule has 0 N–H and O–H groups in total. The first-order valence-corrected chi connectivity index (χ1v) is 7.24. The number of fused-ring (bicyclic) bond motifs is 1. The smallest absolute Gasteiger partial charge is 0.258 e. The van der Waals surface area contributed by atoms with Gasteiger partial charge in [-0.3, -0.25) is 9.59 Å². The molecule has 0 saturated heterocycles. The van der Waals surface area contributed by atoms with Crippen molar-refractivity contribution >= 4 is 33.3 Å². The van der Waals surface area contributed by atoms with Gasteiger partial charge in [0.1, 0.15) is 0 Å². The highest BCUT2D eigenvalue weighted by Crippen LogP contribution is 2.30. The number of halogens is 1. The second kappa shape index (κ2) is 5.21. The fourth-order valence-corrected chi connectivity index (χ4v) is 2.89. The monoisotopic (exact) mass is 329 g/mol. The molecule has 0 radical (unpaired) electrons. The van der Waals surface area contributed by atoms with Crippen molar-refractivity contribution in [3.05, 3.63) is 65.7 Å². The van der Waals surface area contributed by atoms with E-state index >= 15 is 0 Å². The summed E-state index contributed by atoms with van der Waals surface area (Å²) in [6.45, 7) is 0.351. The Balaban J connectivity index is 2.05. The summed E-state index contributed by atoms with van der Waals surface area (Å²) >= 11 is 3.36. The zero-order valence-electron chi connectivity index (χ0n) is 10.6. The molecule has 0 aliphatic carbocycles. The van der Waals surface area contributed by atoms with Crippen LogP contribution in [-0.4, -0.2) is 23.1 Å². The Labute approximate surface area is 125 Å². The van der Waals surface area contributed by atoms with Crippen molar-refractivity contribution in [2.75, 3.05) is 11.4 Å². The summed E-state index contributed by atoms with van der Waals surface area (Å²) in [5.41, 5.74) is 1.89. The van der Waals surface area contributed by atoms with E-state index in [1.54, 1.807) is 23.1 Å². The summed E-state index contributed by atoms with van der Waals surface area (Å²) in [6, 6.07) is 16.3. The van der Waals surface area contributed by atoms with Gasteiger partial charge in [-0.2, -0.15) is 0 Å². The van der Waals surface area contributed by atoms with Crippen molar-refractivity contribution in [3.8, 4) is 0 Å². The van der Waals surface area contributed by atoms with Crippen LogP contribution in [0, 0.1) is 0 Å². The topological polar surface area (TPSA) is 37.4 Å². The first kappa shape index (κ1) is 13.1. The number of alkyl halides is 1. The van der Waals surface area contributed by atoms with E-state index in [9.17, 15) is 9.59 Å². The van der Waals surface area contributed by atoms with Crippen molar-refractivity contribution in [1.29, 1.82) is 0 Å². The molecule has 0 bridgehead atoms. The first-order chi connectivity index (χ1) is 9.68. The molecular weight excluding hydrogens is 318 g/mol. The molecule has 1 aliphatic heterocycles. The van der Waals surface area contributed by atoms with Gasteiger partial charge in [0.2, 0.25) is 0 Å². The van der Waals surface area contributed by atoms with E-state index in [0.717, 1.165) is 0 Å². The molecule has 2 aromatic carbocycles. The summed E-state index contributed by atoms with van der Waals surface area (Å²) < 4.78 is 0. The Morgan fingerprint density at radius 3 is 2.45 bits per heavy atom. The number of carbonyl (C=O) groups excluding carboxylic acids is 2. The molecule has 0 spiro atoms. The minimum atomic E-state index is -0.356. The Hall–Kier alpha value is -1.94. The molecule has 1 amide bonds. The number of hydrogen-bond donors (Lipinski definition) is 0. The van der Waals surface area contributed by atoms with Gasteiger partial charge in [0.05, 0.1) is 10.5 Å². The van der Waals surface area contributed by atoms with Crippen LogP contribution in [0.3, 0.4) is 0 Å². The lowest BCUT2D eigenvalue weighted by Gasteiger charge is -2.31. The van der Waals surface area contributed by atoms with E-state index in [1.165, 1.54) is 0 Å². The standard InChI is InChI=1S/C16H12BrNO2/c17-13-10-18(16(20)11-6-2-1-3-7-11)14-9-5-4-8-12(14)15(13)19/h1-9,13H,10H2. The zero-order valence-corrected chi connectivity index (χ0v) is 12.2. The molecule has 0 saturated carbocycles. The van der Waals surface area contributed by atoms with Gasteiger partial charge in [-0.05, 0) is 24.3 Å². The van der Waals surface area contributed by atoms with E-state index in [1.807, 2.05) is 36.4 Å². The highest BCUT2D eigenvalue weighted by Gasteiger charge is 2.33. The van der Waals surface area contributed by atoms with E-state index in [4.69, 9.17) is 0 Å². The molecule has 2 aromatic rings. The summed E-state index contributed by atoms with van der Waals surface area (Å²) in [5.74, 6) is -0.0623. The number of nitrogens with zero attached hydrogens (tertiary/aromatic N) is 1. The molecule has 1 heterocycles. The molecular formula is C16H12BrNO2. The maximum Gasteiger partial charge on any atom is 0.258 e. The number of hydrogen-bond acceptors (Lipinski definition) is 2. The number of ketones is 1. The van der Waals surface area contributed by atoms with Gasteiger partial charge >= 0.3 is 0 Å². The number of anilines is 1. The van der Waals surface area contributed by atoms with Crippen LogP contribution in [0.25, 0.3) is 0 Å². The Morgan fingerprint density at radius 1 is 1.05 bits per heavy atom. The van der Waals surface area contributed by atoms with Crippen LogP contribution < -0.4 is 4.90 Å². The van der Waals surface area contributed by atoms with Gasteiger partial charge in [-0.1, -0.05) is 46.3 Å².